The van der Waals surface area contributed by atoms with Crippen LogP contribution < -0.4 is 0 Å². The van der Waals surface area contributed by atoms with E-state index in [2.05, 4.69) is 40.7 Å². The summed E-state index contributed by atoms with van der Waals surface area (Å²) in [5, 5.41) is 64.8. The van der Waals surface area contributed by atoms with Gasteiger partial charge in [-0.2, -0.15) is 0 Å². The summed E-state index contributed by atoms with van der Waals surface area (Å²) in [5.74, 6) is -1.18. The van der Waals surface area contributed by atoms with Crippen LogP contribution in [0.25, 0.3) is 0 Å². The summed E-state index contributed by atoms with van der Waals surface area (Å²) < 4.78 is 63.7. The molecule has 2 bridgehead atoms. The minimum absolute atomic E-state index is 0.0574. The SMILES string of the molecule is CC(=O)OC1C(OC2(C)CC(C=C(C)C)OC34CC5(CO3)C3CCC6C(C)(C)C(OC7OCC(OC8OC(C)C(O)C(O)C8O)C(O)C7O)CCC6(C)C3CCC5C24C)OC(C)C(O)C1OC(C)=O. The van der Waals surface area contributed by atoms with Gasteiger partial charge in [-0.15, -0.1) is 0 Å². The van der Waals surface area contributed by atoms with Gasteiger partial charge in [0.25, 0.3) is 0 Å². The maximum Gasteiger partial charge on any atom is 0.303 e. The smallest absolute Gasteiger partial charge is 0.303 e. The highest BCUT2D eigenvalue weighted by atomic mass is 16.8. The molecule has 25 unspecified atom stereocenters. The molecular formula is C51H80O18. The van der Waals surface area contributed by atoms with Crippen LogP contribution in [-0.4, -0.2) is 165 Å². The van der Waals surface area contributed by atoms with Crippen LogP contribution in [-0.2, 0) is 57.0 Å². The largest absolute Gasteiger partial charge is 0.455 e. The van der Waals surface area contributed by atoms with Gasteiger partial charge in [0.15, 0.2) is 36.9 Å². The fourth-order valence-corrected chi connectivity index (χ4v) is 16.2. The van der Waals surface area contributed by atoms with Gasteiger partial charge in [-0.3, -0.25) is 9.59 Å². The van der Waals surface area contributed by atoms with E-state index in [4.69, 9.17) is 47.4 Å². The number of carbonyl (C=O) groups is 2. The Balaban J connectivity index is 0.944. The van der Waals surface area contributed by atoms with Crippen LogP contribution in [0.4, 0.5) is 0 Å². The zero-order chi connectivity index (χ0) is 50.1. The molecule has 5 aliphatic heterocycles. The lowest BCUT2D eigenvalue weighted by molar-refractivity contribution is -0.412. The molecule has 18 heteroatoms. The van der Waals surface area contributed by atoms with Gasteiger partial charge in [0.05, 0.1) is 48.6 Å². The predicted molar refractivity (Wildman–Crippen MR) is 241 cm³/mol. The van der Waals surface area contributed by atoms with E-state index in [1.165, 1.54) is 20.8 Å². The van der Waals surface area contributed by atoms with E-state index in [1.807, 2.05) is 13.8 Å². The van der Waals surface area contributed by atoms with Crippen LogP contribution in [0.5, 0.6) is 0 Å². The number of hydrogen-bond acceptors (Lipinski definition) is 18. The summed E-state index contributed by atoms with van der Waals surface area (Å²) >= 11 is 0. The maximum absolute atomic E-state index is 12.6. The summed E-state index contributed by atoms with van der Waals surface area (Å²) in [7, 11) is 0. The van der Waals surface area contributed by atoms with Crippen molar-refractivity contribution in [3.05, 3.63) is 11.6 Å². The number of ether oxygens (including phenoxy) is 10. The fourth-order valence-electron chi connectivity index (χ4n) is 16.2. The first-order valence-electron chi connectivity index (χ1n) is 25.5. The van der Waals surface area contributed by atoms with Crippen molar-refractivity contribution in [2.45, 2.75) is 237 Å². The Bertz CT molecular complexity index is 1960. The van der Waals surface area contributed by atoms with Crippen molar-refractivity contribution in [3.8, 4) is 0 Å². The van der Waals surface area contributed by atoms with E-state index in [9.17, 15) is 40.2 Å². The van der Waals surface area contributed by atoms with Gasteiger partial charge < -0.3 is 78.0 Å². The molecule has 0 amide bonds. The monoisotopic (exact) mass is 981 g/mol. The molecule has 9 aliphatic rings. The highest BCUT2D eigenvalue weighted by Gasteiger charge is 2.84. The van der Waals surface area contributed by atoms with Crippen molar-refractivity contribution in [3.63, 3.8) is 0 Å². The molecule has 9 rings (SSSR count). The van der Waals surface area contributed by atoms with Crippen molar-refractivity contribution < 1.29 is 87.6 Å². The highest BCUT2D eigenvalue weighted by molar-refractivity contribution is 5.67. The lowest BCUT2D eigenvalue weighted by Crippen LogP contribution is -2.72. The third-order valence-corrected chi connectivity index (χ3v) is 19.5. The predicted octanol–water partition coefficient (Wildman–Crippen LogP) is 3.16. The fraction of sp³-hybridized carbons (Fsp3) is 0.922. The summed E-state index contributed by atoms with van der Waals surface area (Å²) in [6.07, 6.45) is -9.39. The third kappa shape index (κ3) is 8.11. The molecule has 6 N–H and O–H groups in total. The molecule has 0 aromatic heterocycles. The van der Waals surface area contributed by atoms with Gasteiger partial charge in [-0.05, 0) is 108 Å². The third-order valence-electron chi connectivity index (χ3n) is 19.5. The second kappa shape index (κ2) is 18.2. The molecule has 392 valence electrons. The van der Waals surface area contributed by atoms with E-state index in [0.717, 1.165) is 37.7 Å². The van der Waals surface area contributed by atoms with Crippen LogP contribution in [0.2, 0.25) is 0 Å². The molecule has 18 nitrogen and oxygen atoms in total. The minimum Gasteiger partial charge on any atom is -0.455 e. The average Bonchev–Trinajstić information content (AvgIpc) is 3.74. The number of hydrogen-bond donors (Lipinski definition) is 6. The summed E-state index contributed by atoms with van der Waals surface area (Å²) in [5.41, 5.74) is -1.24. The molecule has 4 saturated carbocycles. The van der Waals surface area contributed by atoms with Crippen LogP contribution in [0.3, 0.4) is 0 Å². The van der Waals surface area contributed by atoms with Gasteiger partial charge in [-0.25, -0.2) is 0 Å². The number of aliphatic hydroxyl groups is 6. The molecular weight excluding hydrogens is 901 g/mol. The van der Waals surface area contributed by atoms with Crippen molar-refractivity contribution in [1.29, 1.82) is 0 Å². The number of rotatable bonds is 9. The van der Waals surface area contributed by atoms with Crippen LogP contribution in [0.1, 0.15) is 128 Å². The van der Waals surface area contributed by atoms with Crippen molar-refractivity contribution in [2.75, 3.05) is 13.2 Å². The Morgan fingerprint density at radius 2 is 1.29 bits per heavy atom. The molecule has 2 spiro atoms. The van der Waals surface area contributed by atoms with E-state index < -0.39 is 115 Å². The van der Waals surface area contributed by atoms with Crippen molar-refractivity contribution in [1.82, 2.24) is 0 Å². The lowest BCUT2D eigenvalue weighted by Gasteiger charge is -2.68. The molecule has 69 heavy (non-hydrogen) atoms. The first kappa shape index (κ1) is 52.0. The van der Waals surface area contributed by atoms with Crippen LogP contribution in [0.15, 0.2) is 11.6 Å². The standard InChI is InChI=1S/C51H80O18/c1-23(2)18-28-19-48(10,69-45-42(65-27(6)53)41(64-26(5)52)36(55)25(4)63-45)49(11)33-15-12-29-30(50(33)21-51(49,68-28)61-22-50)13-14-32-46(7,8)34(16-17-47(29,32)9)67-43-39(58)37(56)31(20-60-43)66-44-40(59)38(57)35(54)24(3)62-44/h18,24-25,28-45,54-59H,12-17,19-22H2,1-11H3. The van der Waals surface area contributed by atoms with E-state index in [0.29, 0.717) is 37.7 Å². The Labute approximate surface area is 405 Å². The number of esters is 2. The van der Waals surface area contributed by atoms with Crippen LogP contribution in [0, 0.1) is 45.3 Å². The van der Waals surface area contributed by atoms with Crippen molar-refractivity contribution >= 4 is 11.9 Å². The minimum atomic E-state index is -1.57. The number of carbonyl (C=O) groups excluding carboxylic acids is 2. The number of aliphatic hydroxyl groups excluding tert-OH is 6. The summed E-state index contributed by atoms with van der Waals surface area (Å²) in [6.45, 7) is 21.5. The lowest BCUT2D eigenvalue weighted by atomic mass is 9.39. The summed E-state index contributed by atoms with van der Waals surface area (Å²) in [6, 6.07) is 0. The van der Waals surface area contributed by atoms with Gasteiger partial charge in [0.2, 0.25) is 0 Å². The molecule has 4 aliphatic carbocycles. The Morgan fingerprint density at radius 3 is 1.97 bits per heavy atom. The number of allylic oxidation sites excluding steroid dienone is 1. The second-order valence-corrected chi connectivity index (χ2v) is 24.0. The molecule has 0 radical (unpaired) electrons. The first-order valence-corrected chi connectivity index (χ1v) is 25.5. The number of fused-ring (bicyclic) bond motifs is 4. The molecule has 9 fully saturated rings. The van der Waals surface area contributed by atoms with Gasteiger partial charge >= 0.3 is 11.9 Å². The molecule has 5 saturated heterocycles. The topological polar surface area (TPSA) is 248 Å². The zero-order valence-corrected chi connectivity index (χ0v) is 42.3. The molecule has 25 atom stereocenters. The average molecular weight is 981 g/mol. The van der Waals surface area contributed by atoms with Crippen molar-refractivity contribution in [2.24, 2.45) is 45.3 Å². The molecule has 0 aromatic rings. The molecule has 5 heterocycles. The Kier molecular flexibility index (Phi) is 13.7. The highest BCUT2D eigenvalue weighted by Crippen LogP contribution is 2.80. The second-order valence-electron chi connectivity index (χ2n) is 24.0. The van der Waals surface area contributed by atoms with E-state index >= 15 is 0 Å². The Morgan fingerprint density at radius 1 is 0.667 bits per heavy atom. The molecule has 0 aromatic carbocycles. The Hall–Kier alpha value is -1.88. The van der Waals surface area contributed by atoms with Crippen LogP contribution >= 0.6 is 0 Å². The van der Waals surface area contributed by atoms with Gasteiger partial charge in [0.1, 0.15) is 42.7 Å². The normalized spacial score (nSPS) is 54.3. The first-order chi connectivity index (χ1) is 32.2. The quantitative estimate of drug-likeness (QED) is 0.110. The summed E-state index contributed by atoms with van der Waals surface area (Å²) in [4.78, 5) is 25.0. The van der Waals surface area contributed by atoms with E-state index in [-0.39, 0.29) is 46.9 Å². The zero-order valence-electron chi connectivity index (χ0n) is 42.3. The van der Waals surface area contributed by atoms with Gasteiger partial charge in [0, 0.05) is 32.1 Å². The van der Waals surface area contributed by atoms with Gasteiger partial charge in [-0.1, -0.05) is 39.3 Å². The maximum atomic E-state index is 12.6. The van der Waals surface area contributed by atoms with E-state index in [1.54, 1.807) is 6.92 Å².